The van der Waals surface area contributed by atoms with Crippen LogP contribution in [0.3, 0.4) is 0 Å². The van der Waals surface area contributed by atoms with Gasteiger partial charge in [0, 0.05) is 0 Å². The number of carbonyl (C=O) groups is 1. The number of ether oxygens (including phenoxy) is 2. The van der Waals surface area contributed by atoms with Crippen molar-refractivity contribution in [2.75, 3.05) is 6.61 Å². The molecule has 0 amide bonds. The molecule has 0 aromatic carbocycles. The van der Waals surface area contributed by atoms with E-state index in [1.807, 2.05) is 4.98 Å². The zero-order chi connectivity index (χ0) is 15.3. The molecular weight excluding hydrogens is 286 g/mol. The first-order valence-corrected chi connectivity index (χ1v) is 5.49. The Bertz CT molecular complexity index is 538. The number of esters is 1. The number of pyridine rings is 1. The van der Waals surface area contributed by atoms with Crippen molar-refractivity contribution in [3.8, 4) is 5.75 Å². The second kappa shape index (κ2) is 6.40. The van der Waals surface area contributed by atoms with E-state index in [4.69, 9.17) is 0 Å². The lowest BCUT2D eigenvalue weighted by atomic mass is 10.2. The van der Waals surface area contributed by atoms with E-state index in [2.05, 4.69) is 9.47 Å². The zero-order valence-corrected chi connectivity index (χ0v) is 10.3. The Labute approximate surface area is 110 Å². The predicted octanol–water partition coefficient (Wildman–Crippen LogP) is 1.85. The summed E-state index contributed by atoms with van der Waals surface area (Å²) in [4.78, 5) is 24.6. The van der Waals surface area contributed by atoms with Crippen molar-refractivity contribution in [2.24, 2.45) is 0 Å². The van der Waals surface area contributed by atoms with Gasteiger partial charge >= 0.3 is 12.3 Å². The van der Waals surface area contributed by atoms with Crippen LogP contribution in [0.4, 0.5) is 17.6 Å². The lowest BCUT2D eigenvalue weighted by Crippen LogP contribution is -2.23. The molecule has 0 saturated carbocycles. The number of aromatic amines is 1. The number of hydrogen-bond donors (Lipinski definition) is 1. The third kappa shape index (κ3) is 4.56. The van der Waals surface area contributed by atoms with Gasteiger partial charge in [-0.2, -0.15) is 0 Å². The molecule has 1 rings (SSSR count). The number of hydrogen-bond acceptors (Lipinski definition) is 4. The molecule has 0 aliphatic carbocycles. The monoisotopic (exact) mass is 297 g/mol. The van der Waals surface area contributed by atoms with Crippen LogP contribution in [-0.4, -0.2) is 23.9 Å². The zero-order valence-electron chi connectivity index (χ0n) is 10.3. The summed E-state index contributed by atoms with van der Waals surface area (Å²) in [5, 5.41) is 0. The maximum Gasteiger partial charge on any atom is 0.573 e. The molecule has 5 nitrogen and oxygen atoms in total. The van der Waals surface area contributed by atoms with Crippen molar-refractivity contribution in [3.63, 3.8) is 0 Å². The molecule has 1 heterocycles. The van der Waals surface area contributed by atoms with Gasteiger partial charge in [-0.05, 0) is 13.0 Å². The predicted molar refractivity (Wildman–Crippen MR) is 58.9 cm³/mol. The Balaban J connectivity index is 3.15. The molecule has 0 spiro atoms. The standard InChI is InChI=1S/C11H11F4NO4/c1-2-19-9(17)4-7-8(20-11(13,14)15)3-6(5-12)10(18)16-7/h3H,2,4-5H2,1H3,(H,16,18). The topological polar surface area (TPSA) is 68.4 Å². The summed E-state index contributed by atoms with van der Waals surface area (Å²) in [5.74, 6) is -1.68. The second-order valence-electron chi connectivity index (χ2n) is 3.63. The highest BCUT2D eigenvalue weighted by atomic mass is 19.4. The van der Waals surface area contributed by atoms with Gasteiger partial charge in [-0.3, -0.25) is 9.59 Å². The van der Waals surface area contributed by atoms with Gasteiger partial charge in [0.2, 0.25) is 0 Å². The van der Waals surface area contributed by atoms with Gasteiger partial charge in [0.25, 0.3) is 5.56 Å². The van der Waals surface area contributed by atoms with Gasteiger partial charge in [0.05, 0.1) is 24.3 Å². The molecule has 0 saturated heterocycles. The molecule has 0 unspecified atom stereocenters. The highest BCUT2D eigenvalue weighted by molar-refractivity contribution is 5.72. The van der Waals surface area contributed by atoms with Gasteiger partial charge < -0.3 is 14.5 Å². The fraction of sp³-hybridized carbons (Fsp3) is 0.455. The highest BCUT2D eigenvalue weighted by Gasteiger charge is 2.33. The van der Waals surface area contributed by atoms with Gasteiger partial charge in [0.1, 0.15) is 12.4 Å². The fourth-order valence-electron chi connectivity index (χ4n) is 1.39. The fourth-order valence-corrected chi connectivity index (χ4v) is 1.39. The van der Waals surface area contributed by atoms with E-state index in [0.717, 1.165) is 0 Å². The normalized spacial score (nSPS) is 11.2. The van der Waals surface area contributed by atoms with Crippen LogP contribution in [0.15, 0.2) is 10.9 Å². The van der Waals surface area contributed by atoms with Crippen LogP contribution in [0, 0.1) is 0 Å². The second-order valence-corrected chi connectivity index (χ2v) is 3.63. The number of rotatable bonds is 5. The van der Waals surface area contributed by atoms with E-state index in [1.165, 1.54) is 6.92 Å². The van der Waals surface area contributed by atoms with Crippen LogP contribution in [0.5, 0.6) is 5.75 Å². The number of halogens is 4. The van der Waals surface area contributed by atoms with E-state index in [0.29, 0.717) is 6.07 Å². The van der Waals surface area contributed by atoms with Gasteiger partial charge in [-0.25, -0.2) is 4.39 Å². The van der Waals surface area contributed by atoms with Crippen LogP contribution in [0.25, 0.3) is 0 Å². The Morgan fingerprint density at radius 3 is 2.55 bits per heavy atom. The number of H-pyrrole nitrogens is 1. The maximum absolute atomic E-state index is 12.5. The molecule has 1 aromatic rings. The third-order valence-electron chi connectivity index (χ3n) is 2.15. The van der Waals surface area contributed by atoms with E-state index in [1.54, 1.807) is 0 Å². The van der Waals surface area contributed by atoms with E-state index < -0.39 is 48.0 Å². The first kappa shape index (κ1) is 16.0. The molecule has 112 valence electrons. The van der Waals surface area contributed by atoms with E-state index in [9.17, 15) is 27.2 Å². The molecule has 0 fully saturated rings. The summed E-state index contributed by atoms with van der Waals surface area (Å²) in [7, 11) is 0. The molecule has 9 heteroatoms. The number of carbonyl (C=O) groups excluding carboxylic acids is 1. The SMILES string of the molecule is CCOC(=O)Cc1[nH]c(=O)c(CF)cc1OC(F)(F)F. The molecule has 0 atom stereocenters. The van der Waals surface area contributed by atoms with Crippen molar-refractivity contribution in [1.29, 1.82) is 0 Å². The largest absolute Gasteiger partial charge is 0.573 e. The van der Waals surface area contributed by atoms with Crippen molar-refractivity contribution in [3.05, 3.63) is 27.7 Å². The first-order chi connectivity index (χ1) is 9.26. The van der Waals surface area contributed by atoms with Crippen molar-refractivity contribution >= 4 is 5.97 Å². The molecule has 20 heavy (non-hydrogen) atoms. The summed E-state index contributed by atoms with van der Waals surface area (Å²) < 4.78 is 57.3. The molecule has 0 radical (unpaired) electrons. The minimum absolute atomic E-state index is 0.0289. The van der Waals surface area contributed by atoms with E-state index in [-0.39, 0.29) is 6.61 Å². The third-order valence-corrected chi connectivity index (χ3v) is 2.15. The summed E-state index contributed by atoms with van der Waals surface area (Å²) in [6.07, 6.45) is -5.66. The van der Waals surface area contributed by atoms with Crippen molar-refractivity contribution in [2.45, 2.75) is 26.4 Å². The van der Waals surface area contributed by atoms with Crippen LogP contribution in [0.1, 0.15) is 18.2 Å². The average molecular weight is 297 g/mol. The number of alkyl halides is 4. The molecular formula is C11H11F4NO4. The van der Waals surface area contributed by atoms with Gasteiger partial charge in [0.15, 0.2) is 0 Å². The lowest BCUT2D eigenvalue weighted by Gasteiger charge is -2.13. The number of nitrogens with one attached hydrogen (secondary N) is 1. The Hall–Kier alpha value is -2.06. The quantitative estimate of drug-likeness (QED) is 0.665. The Morgan fingerprint density at radius 2 is 2.05 bits per heavy atom. The minimum Gasteiger partial charge on any atom is -0.466 e. The smallest absolute Gasteiger partial charge is 0.466 e. The van der Waals surface area contributed by atoms with Crippen LogP contribution in [0.2, 0.25) is 0 Å². The van der Waals surface area contributed by atoms with E-state index >= 15 is 0 Å². The summed E-state index contributed by atoms with van der Waals surface area (Å²) in [5.41, 5.74) is -1.89. The van der Waals surface area contributed by atoms with Crippen molar-refractivity contribution < 1.29 is 31.8 Å². The van der Waals surface area contributed by atoms with Gasteiger partial charge in [-0.1, -0.05) is 0 Å². The first-order valence-electron chi connectivity index (χ1n) is 5.49. The summed E-state index contributed by atoms with van der Waals surface area (Å²) in [6.45, 7) is 0.282. The summed E-state index contributed by atoms with van der Waals surface area (Å²) in [6, 6.07) is 0.612. The molecule has 0 aliphatic rings. The Morgan fingerprint density at radius 1 is 1.40 bits per heavy atom. The highest BCUT2D eigenvalue weighted by Crippen LogP contribution is 2.26. The molecule has 0 aliphatic heterocycles. The summed E-state index contributed by atoms with van der Waals surface area (Å²) >= 11 is 0. The van der Waals surface area contributed by atoms with Gasteiger partial charge in [-0.15, -0.1) is 13.2 Å². The average Bonchev–Trinajstić information content (AvgIpc) is 2.31. The van der Waals surface area contributed by atoms with Crippen molar-refractivity contribution in [1.82, 2.24) is 4.98 Å². The molecule has 0 bridgehead atoms. The lowest BCUT2D eigenvalue weighted by molar-refractivity contribution is -0.275. The van der Waals surface area contributed by atoms with Crippen LogP contribution < -0.4 is 10.3 Å². The maximum atomic E-state index is 12.5. The Kier molecular flexibility index (Phi) is 5.12. The molecule has 1 N–H and O–H groups in total. The minimum atomic E-state index is -5.03. The molecule has 1 aromatic heterocycles. The van der Waals surface area contributed by atoms with Crippen LogP contribution in [-0.2, 0) is 22.6 Å². The van der Waals surface area contributed by atoms with Crippen LogP contribution >= 0.6 is 0 Å². The number of aromatic nitrogens is 1.